The minimum atomic E-state index is -0.552. The van der Waals surface area contributed by atoms with E-state index in [-0.39, 0.29) is 39.0 Å². The summed E-state index contributed by atoms with van der Waals surface area (Å²) in [4.78, 5) is 20.7. The zero-order valence-electron chi connectivity index (χ0n) is 5.01. The third-order valence-corrected chi connectivity index (χ3v) is 1.27. The van der Waals surface area contributed by atoms with Gasteiger partial charge in [0.05, 0.1) is 9.47 Å². The summed E-state index contributed by atoms with van der Waals surface area (Å²) in [7, 11) is 0. The van der Waals surface area contributed by atoms with Crippen LogP contribution >= 0.6 is 31.9 Å². The first-order valence-electron chi connectivity index (χ1n) is 1.92. The Morgan fingerprint density at radius 2 is 1.90 bits per heavy atom. The number of hydrogen-bond acceptors (Lipinski definition) is 3. The van der Waals surface area contributed by atoms with Crippen LogP contribution in [0.2, 0.25) is 0 Å². The smallest absolute Gasteiger partial charge is 0.345 e. The van der Waals surface area contributed by atoms with Crippen molar-refractivity contribution in [3.8, 4) is 0 Å². The Morgan fingerprint density at radius 3 is 2.30 bits per heavy atom. The normalized spacial score (nSPS) is 8.60. The van der Waals surface area contributed by atoms with Crippen LogP contribution in [0.3, 0.4) is 0 Å². The van der Waals surface area contributed by atoms with E-state index in [4.69, 9.17) is 0 Å². The molecule has 1 heterocycles. The van der Waals surface area contributed by atoms with Gasteiger partial charge in [0.25, 0.3) is 0 Å². The fraction of sp³-hybridized carbons (Fsp3) is 0. The van der Waals surface area contributed by atoms with Crippen LogP contribution in [-0.4, -0.2) is 9.97 Å². The number of rotatable bonds is 0. The fourth-order valence-corrected chi connectivity index (χ4v) is 1.19. The molecule has 0 saturated heterocycles. The van der Waals surface area contributed by atoms with Crippen LogP contribution in [0.1, 0.15) is 0 Å². The van der Waals surface area contributed by atoms with Gasteiger partial charge in [0.1, 0.15) is 0 Å². The third kappa shape index (κ3) is 3.25. The standard InChI is InChI=1S/C3HBr2N3O.Na/c4-1-6-2(5)8-3(9)7-1;/h(H,6,7,8,9);/q;+1/p-1. The van der Waals surface area contributed by atoms with E-state index in [1.807, 2.05) is 0 Å². The van der Waals surface area contributed by atoms with Gasteiger partial charge in [0.2, 0.25) is 5.69 Å². The van der Waals surface area contributed by atoms with Crippen LogP contribution in [0.4, 0.5) is 0 Å². The zero-order valence-corrected chi connectivity index (χ0v) is 10.2. The average Bonchev–Trinajstić information content (AvgIpc) is 1.59. The Kier molecular flexibility index (Phi) is 4.96. The number of nitrogens with zero attached hydrogens (tertiary/aromatic N) is 3. The van der Waals surface area contributed by atoms with Gasteiger partial charge < -0.3 is 15.0 Å². The van der Waals surface area contributed by atoms with Crippen LogP contribution in [0.15, 0.2) is 14.3 Å². The molecule has 7 heteroatoms. The third-order valence-electron chi connectivity index (χ3n) is 0.560. The zero-order chi connectivity index (χ0) is 6.85. The Hall–Kier alpha value is 0.770. The van der Waals surface area contributed by atoms with Crippen molar-refractivity contribution in [1.82, 2.24) is 15.0 Å². The Bertz CT molecular complexity index is 251. The van der Waals surface area contributed by atoms with Gasteiger partial charge in [-0.2, -0.15) is 0 Å². The molecule has 0 bridgehead atoms. The second-order valence-corrected chi connectivity index (χ2v) is 2.57. The van der Waals surface area contributed by atoms with E-state index >= 15 is 0 Å². The van der Waals surface area contributed by atoms with Crippen LogP contribution < -0.4 is 40.2 Å². The van der Waals surface area contributed by atoms with Crippen molar-refractivity contribution in [3.63, 3.8) is 0 Å². The molecular weight excluding hydrogens is 277 g/mol. The van der Waals surface area contributed by atoms with Crippen LogP contribution in [0.25, 0.3) is 0 Å². The topological polar surface area (TPSA) is 57.0 Å². The maximum Gasteiger partial charge on any atom is 1.00 e. The first kappa shape index (κ1) is 10.8. The predicted octanol–water partition coefficient (Wildman–Crippen LogP) is -2.68. The second kappa shape index (κ2) is 4.61. The molecule has 0 spiro atoms. The van der Waals surface area contributed by atoms with Gasteiger partial charge >= 0.3 is 29.6 Å². The Labute approximate surface area is 95.4 Å². The molecule has 0 amide bonds. The minimum Gasteiger partial charge on any atom is -0.345 e. The van der Waals surface area contributed by atoms with E-state index in [1.54, 1.807) is 0 Å². The Balaban J connectivity index is 0.000000810. The molecule has 0 radical (unpaired) electrons. The molecule has 0 fully saturated rings. The van der Waals surface area contributed by atoms with Gasteiger partial charge in [-0.15, -0.1) is 0 Å². The molecule has 0 N–H and O–H groups in total. The number of hydrogen-bond donors (Lipinski definition) is 0. The maximum atomic E-state index is 10.4. The molecule has 0 atom stereocenters. The van der Waals surface area contributed by atoms with Crippen LogP contribution in [-0.2, 0) is 0 Å². The summed E-state index contributed by atoms with van der Waals surface area (Å²) in [6.45, 7) is 0. The van der Waals surface area contributed by atoms with Gasteiger partial charge in [-0.05, 0) is 31.9 Å². The van der Waals surface area contributed by atoms with Gasteiger partial charge in [-0.25, -0.2) is 0 Å². The van der Waals surface area contributed by atoms with Crippen molar-refractivity contribution in [3.05, 3.63) is 20.0 Å². The van der Waals surface area contributed by atoms with E-state index < -0.39 is 5.69 Å². The van der Waals surface area contributed by atoms with Gasteiger partial charge in [0.15, 0.2) is 0 Å². The first-order chi connectivity index (χ1) is 4.18. The summed E-state index contributed by atoms with van der Waals surface area (Å²) in [6, 6.07) is 0. The summed E-state index contributed by atoms with van der Waals surface area (Å²) >= 11 is 5.84. The quantitative estimate of drug-likeness (QED) is 0.485. The average molecular weight is 277 g/mol. The number of halogens is 2. The molecule has 1 aromatic heterocycles. The van der Waals surface area contributed by atoms with E-state index in [0.717, 1.165) is 0 Å². The molecule has 0 aromatic carbocycles. The molecule has 1 rings (SSSR count). The van der Waals surface area contributed by atoms with E-state index in [2.05, 4.69) is 46.8 Å². The first-order valence-corrected chi connectivity index (χ1v) is 3.51. The SMILES string of the molecule is O=c1nc(Br)nc(Br)[n-]1.[Na+]. The summed E-state index contributed by atoms with van der Waals surface area (Å²) in [5.74, 6) is 0. The van der Waals surface area contributed by atoms with E-state index in [9.17, 15) is 4.79 Å². The molecule has 4 nitrogen and oxygen atoms in total. The largest absolute Gasteiger partial charge is 1.00 e. The minimum absolute atomic E-state index is 0. The molecular formula is C3Br2N3NaO. The molecule has 10 heavy (non-hydrogen) atoms. The molecule has 0 saturated carbocycles. The van der Waals surface area contributed by atoms with Crippen molar-refractivity contribution in [2.75, 3.05) is 0 Å². The second-order valence-electron chi connectivity index (χ2n) is 1.16. The number of aromatic nitrogens is 3. The van der Waals surface area contributed by atoms with Crippen LogP contribution in [0, 0.1) is 0 Å². The molecule has 0 aliphatic rings. The fourth-order valence-electron chi connectivity index (χ4n) is 0.309. The summed E-state index contributed by atoms with van der Waals surface area (Å²) < 4.78 is 0.490. The van der Waals surface area contributed by atoms with E-state index in [1.165, 1.54) is 0 Å². The molecule has 0 unspecified atom stereocenters. The van der Waals surface area contributed by atoms with Crippen molar-refractivity contribution in [1.29, 1.82) is 0 Å². The van der Waals surface area contributed by atoms with Crippen LogP contribution in [0.5, 0.6) is 0 Å². The predicted molar refractivity (Wildman–Crippen MR) is 37.0 cm³/mol. The molecule has 0 aliphatic carbocycles. The van der Waals surface area contributed by atoms with Gasteiger partial charge in [-0.3, -0.25) is 4.79 Å². The Morgan fingerprint density at radius 1 is 1.30 bits per heavy atom. The monoisotopic (exact) mass is 275 g/mol. The molecule has 0 aliphatic heterocycles. The van der Waals surface area contributed by atoms with Crippen molar-refractivity contribution >= 4 is 31.9 Å². The van der Waals surface area contributed by atoms with E-state index in [0.29, 0.717) is 0 Å². The summed E-state index contributed by atoms with van der Waals surface area (Å²) in [5.41, 5.74) is -0.552. The maximum absolute atomic E-state index is 10.4. The van der Waals surface area contributed by atoms with Crippen molar-refractivity contribution in [2.24, 2.45) is 0 Å². The molecule has 48 valence electrons. The van der Waals surface area contributed by atoms with Crippen molar-refractivity contribution in [2.45, 2.75) is 0 Å². The van der Waals surface area contributed by atoms with Gasteiger partial charge in [0, 0.05) is 0 Å². The summed E-state index contributed by atoms with van der Waals surface area (Å²) in [5, 5.41) is 0. The summed E-state index contributed by atoms with van der Waals surface area (Å²) in [6.07, 6.45) is 0. The van der Waals surface area contributed by atoms with Crippen molar-refractivity contribution < 1.29 is 29.6 Å². The van der Waals surface area contributed by atoms with Gasteiger partial charge in [-0.1, -0.05) is 0 Å². The molecule has 1 aromatic rings.